The van der Waals surface area contributed by atoms with Crippen LogP contribution in [-0.4, -0.2) is 5.11 Å². The molecule has 2 aliphatic rings. The monoisotopic (exact) mass is 340 g/mol. The second kappa shape index (κ2) is 6.15. The summed E-state index contributed by atoms with van der Waals surface area (Å²) in [5.74, 6) is 1.55. The lowest BCUT2D eigenvalue weighted by molar-refractivity contribution is 0.0330. The lowest BCUT2D eigenvalue weighted by Crippen LogP contribution is -2.30. The summed E-state index contributed by atoms with van der Waals surface area (Å²) in [4.78, 5) is 0. The van der Waals surface area contributed by atoms with Crippen LogP contribution >= 0.6 is 15.9 Å². The normalized spacial score (nSPS) is 31.6. The smallest absolute Gasteiger partial charge is 0.129 e. The van der Waals surface area contributed by atoms with Crippen molar-refractivity contribution in [2.24, 2.45) is 17.8 Å². The highest BCUT2D eigenvalue weighted by atomic mass is 79.9. The number of rotatable bonds is 2. The Balaban J connectivity index is 1.74. The van der Waals surface area contributed by atoms with Gasteiger partial charge in [0.2, 0.25) is 0 Å². The molecule has 0 spiro atoms. The first-order valence-corrected chi connectivity index (χ1v) is 8.57. The van der Waals surface area contributed by atoms with Gasteiger partial charge < -0.3 is 5.11 Å². The van der Waals surface area contributed by atoms with E-state index in [1.54, 1.807) is 12.1 Å². The fourth-order valence-corrected chi connectivity index (χ4v) is 4.57. The number of benzene rings is 1. The van der Waals surface area contributed by atoms with Gasteiger partial charge in [-0.3, -0.25) is 0 Å². The summed E-state index contributed by atoms with van der Waals surface area (Å²) in [7, 11) is 0. The minimum Gasteiger partial charge on any atom is -0.388 e. The van der Waals surface area contributed by atoms with E-state index < -0.39 is 6.10 Å². The van der Waals surface area contributed by atoms with Crippen LogP contribution in [0.25, 0.3) is 0 Å². The highest BCUT2D eigenvalue weighted by molar-refractivity contribution is 9.10. The van der Waals surface area contributed by atoms with E-state index in [-0.39, 0.29) is 11.7 Å². The van der Waals surface area contributed by atoms with Gasteiger partial charge in [0, 0.05) is 10.0 Å². The Kier molecular flexibility index (Phi) is 4.46. The predicted molar refractivity (Wildman–Crippen MR) is 81.8 cm³/mol. The third kappa shape index (κ3) is 2.94. The number of halogens is 2. The zero-order valence-electron chi connectivity index (χ0n) is 11.7. The molecule has 1 aromatic rings. The van der Waals surface area contributed by atoms with Crippen molar-refractivity contribution in [2.75, 3.05) is 0 Å². The fourth-order valence-electron chi connectivity index (χ4n) is 4.19. The first-order valence-electron chi connectivity index (χ1n) is 7.78. The van der Waals surface area contributed by atoms with E-state index in [4.69, 9.17) is 0 Å². The van der Waals surface area contributed by atoms with Gasteiger partial charge in [0.05, 0.1) is 6.10 Å². The van der Waals surface area contributed by atoms with E-state index in [0.29, 0.717) is 5.56 Å². The summed E-state index contributed by atoms with van der Waals surface area (Å²) in [5.41, 5.74) is 0.457. The molecule has 0 aliphatic heterocycles. The number of aliphatic hydroxyl groups excluding tert-OH is 1. The first kappa shape index (κ1) is 14.5. The van der Waals surface area contributed by atoms with Gasteiger partial charge >= 0.3 is 0 Å². The Morgan fingerprint density at radius 1 is 1.10 bits per heavy atom. The molecule has 1 N–H and O–H groups in total. The Morgan fingerprint density at radius 3 is 2.65 bits per heavy atom. The van der Waals surface area contributed by atoms with Gasteiger partial charge in [-0.1, -0.05) is 41.6 Å². The lowest BCUT2D eigenvalue weighted by atomic mass is 9.66. The van der Waals surface area contributed by atoms with Gasteiger partial charge in [-0.05, 0) is 55.2 Å². The largest absolute Gasteiger partial charge is 0.388 e. The van der Waals surface area contributed by atoms with Gasteiger partial charge in [0.1, 0.15) is 5.82 Å². The van der Waals surface area contributed by atoms with Crippen LogP contribution in [0.1, 0.15) is 56.6 Å². The molecule has 4 unspecified atom stereocenters. The van der Waals surface area contributed by atoms with Crippen molar-refractivity contribution < 1.29 is 9.50 Å². The quantitative estimate of drug-likeness (QED) is 0.781. The molecule has 0 amide bonds. The first-order chi connectivity index (χ1) is 9.65. The molecule has 2 aliphatic carbocycles. The molecule has 20 heavy (non-hydrogen) atoms. The van der Waals surface area contributed by atoms with Crippen LogP contribution in [0.3, 0.4) is 0 Å². The summed E-state index contributed by atoms with van der Waals surface area (Å²) in [6.07, 6.45) is 8.02. The van der Waals surface area contributed by atoms with E-state index >= 15 is 0 Å². The van der Waals surface area contributed by atoms with Crippen LogP contribution in [0.15, 0.2) is 22.7 Å². The highest BCUT2D eigenvalue weighted by Gasteiger charge is 2.35. The van der Waals surface area contributed by atoms with Crippen molar-refractivity contribution in [2.45, 2.75) is 51.0 Å². The Morgan fingerprint density at radius 2 is 1.85 bits per heavy atom. The zero-order chi connectivity index (χ0) is 14.1. The lowest BCUT2D eigenvalue weighted by Gasteiger charge is -2.40. The van der Waals surface area contributed by atoms with Crippen LogP contribution < -0.4 is 0 Å². The number of aliphatic hydroxyl groups is 1. The highest BCUT2D eigenvalue weighted by Crippen LogP contribution is 2.46. The molecule has 2 fully saturated rings. The van der Waals surface area contributed by atoms with Gasteiger partial charge in [-0.2, -0.15) is 0 Å². The third-order valence-corrected chi connectivity index (χ3v) is 5.80. The molecule has 0 radical (unpaired) electrons. The summed E-state index contributed by atoms with van der Waals surface area (Å²) in [6.45, 7) is 0. The predicted octanol–water partition coefficient (Wildman–Crippen LogP) is 5.23. The van der Waals surface area contributed by atoms with Crippen LogP contribution in [0.4, 0.5) is 4.39 Å². The Labute approximate surface area is 128 Å². The molecule has 110 valence electrons. The van der Waals surface area contributed by atoms with Gasteiger partial charge in [0.25, 0.3) is 0 Å². The zero-order valence-corrected chi connectivity index (χ0v) is 13.3. The minimum absolute atomic E-state index is 0.221. The molecular weight excluding hydrogens is 319 g/mol. The van der Waals surface area contributed by atoms with Crippen molar-refractivity contribution in [3.05, 3.63) is 34.1 Å². The van der Waals surface area contributed by atoms with E-state index in [1.807, 2.05) is 0 Å². The maximum atomic E-state index is 13.9. The summed E-state index contributed by atoms with van der Waals surface area (Å²) in [6, 6.07) is 4.85. The van der Waals surface area contributed by atoms with Crippen molar-refractivity contribution in [3.8, 4) is 0 Å². The second-order valence-corrected chi connectivity index (χ2v) is 7.40. The van der Waals surface area contributed by atoms with Crippen LogP contribution in [-0.2, 0) is 0 Å². The van der Waals surface area contributed by atoms with E-state index in [2.05, 4.69) is 15.9 Å². The summed E-state index contributed by atoms with van der Waals surface area (Å²) >= 11 is 3.37. The third-order valence-electron chi connectivity index (χ3n) is 5.30. The molecule has 0 bridgehead atoms. The summed E-state index contributed by atoms with van der Waals surface area (Å²) < 4.78 is 14.8. The molecule has 2 saturated carbocycles. The van der Waals surface area contributed by atoms with Crippen LogP contribution in [0, 0.1) is 23.6 Å². The molecule has 1 nitrogen and oxygen atoms in total. The van der Waals surface area contributed by atoms with Crippen LogP contribution in [0.2, 0.25) is 0 Å². The van der Waals surface area contributed by atoms with Gasteiger partial charge in [0.15, 0.2) is 0 Å². The van der Waals surface area contributed by atoms with E-state index in [1.165, 1.54) is 38.2 Å². The van der Waals surface area contributed by atoms with Crippen molar-refractivity contribution in [3.63, 3.8) is 0 Å². The number of hydrogen-bond donors (Lipinski definition) is 1. The fraction of sp³-hybridized carbons (Fsp3) is 0.647. The number of hydrogen-bond acceptors (Lipinski definition) is 1. The van der Waals surface area contributed by atoms with Crippen molar-refractivity contribution >= 4 is 15.9 Å². The Hall–Kier alpha value is -0.410. The molecule has 1 aromatic carbocycles. The molecule has 0 heterocycles. The average Bonchev–Trinajstić information content (AvgIpc) is 2.48. The van der Waals surface area contributed by atoms with Crippen LogP contribution in [0.5, 0.6) is 0 Å². The second-order valence-electron chi connectivity index (χ2n) is 6.49. The standard InChI is InChI=1S/C17H22BrFO/c18-14-7-8-16(19)15(10-14)17(20)13-6-5-11-3-1-2-4-12(11)9-13/h7-8,10-13,17,20H,1-6,9H2. The SMILES string of the molecule is OC(c1cc(Br)ccc1F)C1CCC2CCCCC2C1. The summed E-state index contributed by atoms with van der Waals surface area (Å²) in [5, 5.41) is 10.6. The minimum atomic E-state index is -0.657. The molecule has 0 saturated heterocycles. The van der Waals surface area contributed by atoms with Gasteiger partial charge in [-0.25, -0.2) is 4.39 Å². The molecule has 3 rings (SSSR count). The van der Waals surface area contributed by atoms with Crippen molar-refractivity contribution in [1.82, 2.24) is 0 Å². The topological polar surface area (TPSA) is 20.2 Å². The average molecular weight is 341 g/mol. The van der Waals surface area contributed by atoms with E-state index in [0.717, 1.165) is 29.2 Å². The van der Waals surface area contributed by atoms with Gasteiger partial charge in [-0.15, -0.1) is 0 Å². The van der Waals surface area contributed by atoms with E-state index in [9.17, 15) is 9.50 Å². The molecule has 3 heteroatoms. The Bertz CT molecular complexity index is 476. The molecular formula is C17H22BrFO. The van der Waals surface area contributed by atoms with Crippen molar-refractivity contribution in [1.29, 1.82) is 0 Å². The number of fused-ring (bicyclic) bond motifs is 1. The molecule has 0 aromatic heterocycles. The maximum absolute atomic E-state index is 13.9. The molecule has 4 atom stereocenters. The maximum Gasteiger partial charge on any atom is 0.129 e.